The fraction of sp³-hybridized carbons (Fsp3) is 0.409. The zero-order valence-electron chi connectivity index (χ0n) is 17.5. The number of nitrogens with zero attached hydrogens (tertiary/aromatic N) is 2. The summed E-state index contributed by atoms with van der Waals surface area (Å²) in [6, 6.07) is 8.38. The van der Waals surface area contributed by atoms with Crippen molar-refractivity contribution in [3.63, 3.8) is 0 Å². The third-order valence-electron chi connectivity index (χ3n) is 5.13. The van der Waals surface area contributed by atoms with Crippen molar-refractivity contribution in [2.75, 3.05) is 7.05 Å². The molecule has 1 N–H and O–H groups in total. The van der Waals surface area contributed by atoms with Crippen LogP contribution in [0.3, 0.4) is 0 Å². The van der Waals surface area contributed by atoms with E-state index in [1.807, 2.05) is 27.8 Å². The largest absolute Gasteiger partial charge is 0.340 e. The molecule has 0 aliphatic carbocycles. The Morgan fingerprint density at radius 1 is 1.24 bits per heavy atom. The van der Waals surface area contributed by atoms with Gasteiger partial charge in [0.2, 0.25) is 5.91 Å². The Bertz CT molecular complexity index is 1070. The number of rotatable bonds is 7. The second kappa shape index (κ2) is 9.13. The van der Waals surface area contributed by atoms with Crippen molar-refractivity contribution in [1.29, 1.82) is 0 Å². The van der Waals surface area contributed by atoms with Gasteiger partial charge in [-0.15, -0.1) is 23.1 Å². The topological polar surface area (TPSA) is 66.1 Å². The van der Waals surface area contributed by atoms with Gasteiger partial charge in [-0.2, -0.15) is 0 Å². The number of aromatic nitrogens is 2. The zero-order valence-corrected chi connectivity index (χ0v) is 19.2. The van der Waals surface area contributed by atoms with Gasteiger partial charge in [0.15, 0.2) is 0 Å². The minimum atomic E-state index is -0.220. The molecule has 0 spiro atoms. The maximum Gasteiger partial charge on any atom is 0.259 e. The lowest BCUT2D eigenvalue weighted by molar-refractivity contribution is -0.129. The molecule has 0 saturated heterocycles. The van der Waals surface area contributed by atoms with Crippen LogP contribution < -0.4 is 5.56 Å². The molecule has 0 aliphatic rings. The van der Waals surface area contributed by atoms with E-state index in [0.29, 0.717) is 23.5 Å². The number of aryl methyl sites for hydroxylation is 3. The fourth-order valence-electron chi connectivity index (χ4n) is 3.19. The normalized spacial score (nSPS) is 12.3. The first-order valence-electron chi connectivity index (χ1n) is 9.73. The number of thiophene rings is 1. The molecular formula is C22H27N3O2S2. The lowest BCUT2D eigenvalue weighted by Gasteiger charge is -2.21. The number of hydrogen-bond acceptors (Lipinski definition) is 5. The summed E-state index contributed by atoms with van der Waals surface area (Å²) >= 11 is 3.03. The van der Waals surface area contributed by atoms with Crippen LogP contribution in [-0.4, -0.2) is 33.1 Å². The van der Waals surface area contributed by atoms with Gasteiger partial charge < -0.3 is 9.88 Å². The van der Waals surface area contributed by atoms with E-state index < -0.39 is 0 Å². The maximum atomic E-state index is 12.7. The quantitative estimate of drug-likeness (QED) is 0.603. The number of fused-ring (bicyclic) bond motifs is 1. The van der Waals surface area contributed by atoms with Crippen LogP contribution in [0.15, 0.2) is 29.1 Å². The van der Waals surface area contributed by atoms with E-state index in [-0.39, 0.29) is 16.7 Å². The molecule has 154 valence electrons. The third-order valence-corrected chi connectivity index (χ3v) is 7.38. The number of nitrogens with one attached hydrogen (secondary N) is 1. The molecular weight excluding hydrogens is 402 g/mol. The van der Waals surface area contributed by atoms with E-state index in [1.165, 1.54) is 17.3 Å². The Balaban J connectivity index is 1.62. The van der Waals surface area contributed by atoms with Gasteiger partial charge >= 0.3 is 0 Å². The summed E-state index contributed by atoms with van der Waals surface area (Å²) in [5.41, 5.74) is 3.31. The number of benzene rings is 1. The highest BCUT2D eigenvalue weighted by Crippen LogP contribution is 2.26. The maximum absolute atomic E-state index is 12.7. The number of H-pyrrole nitrogens is 1. The first-order valence-corrected chi connectivity index (χ1v) is 11.6. The van der Waals surface area contributed by atoms with Crippen molar-refractivity contribution in [3.05, 3.63) is 62.0 Å². The Labute approximate surface area is 179 Å². The Hall–Kier alpha value is -2.12. The van der Waals surface area contributed by atoms with E-state index in [2.05, 4.69) is 41.2 Å². The molecule has 5 nitrogen and oxygen atoms in total. The number of aromatic amines is 1. The second-order valence-electron chi connectivity index (χ2n) is 7.29. The van der Waals surface area contributed by atoms with Gasteiger partial charge in [-0.3, -0.25) is 9.59 Å². The van der Waals surface area contributed by atoms with Crippen LogP contribution in [-0.2, 0) is 23.5 Å². The Morgan fingerprint density at radius 3 is 2.55 bits per heavy atom. The van der Waals surface area contributed by atoms with E-state index >= 15 is 0 Å². The minimum absolute atomic E-state index is 0.0702. The first-order chi connectivity index (χ1) is 13.8. The van der Waals surface area contributed by atoms with Crippen molar-refractivity contribution in [3.8, 4) is 0 Å². The van der Waals surface area contributed by atoms with Gasteiger partial charge in [0.1, 0.15) is 10.7 Å². The number of carbonyl (C=O) groups excluding carboxylic acids is 1. The van der Waals surface area contributed by atoms with Gasteiger partial charge in [-0.1, -0.05) is 31.2 Å². The minimum Gasteiger partial charge on any atom is -0.340 e. The van der Waals surface area contributed by atoms with Crippen molar-refractivity contribution >= 4 is 39.2 Å². The Morgan fingerprint density at radius 2 is 1.90 bits per heavy atom. The van der Waals surface area contributed by atoms with E-state index in [4.69, 9.17) is 0 Å². The molecule has 2 aromatic heterocycles. The highest BCUT2D eigenvalue weighted by molar-refractivity contribution is 7.99. The lowest BCUT2D eigenvalue weighted by atomic mass is 10.1. The number of carbonyl (C=O) groups is 1. The molecule has 0 fully saturated rings. The van der Waals surface area contributed by atoms with Gasteiger partial charge in [-0.05, 0) is 43.9 Å². The predicted molar refractivity (Wildman–Crippen MR) is 123 cm³/mol. The third kappa shape index (κ3) is 4.90. The van der Waals surface area contributed by atoms with Gasteiger partial charge in [0.25, 0.3) is 5.56 Å². The summed E-state index contributed by atoms with van der Waals surface area (Å²) in [7, 11) is 1.83. The van der Waals surface area contributed by atoms with Crippen LogP contribution in [0.1, 0.15) is 41.2 Å². The molecule has 0 radical (unpaired) electrons. The van der Waals surface area contributed by atoms with Crippen LogP contribution in [0.4, 0.5) is 0 Å². The number of amides is 1. The Kier molecular flexibility index (Phi) is 6.80. The molecule has 1 aromatic carbocycles. The summed E-state index contributed by atoms with van der Waals surface area (Å²) in [5, 5.41) is 0.460. The van der Waals surface area contributed by atoms with E-state index in [1.54, 1.807) is 16.2 Å². The summed E-state index contributed by atoms with van der Waals surface area (Å²) in [6.45, 7) is 8.57. The monoisotopic (exact) mass is 429 g/mol. The van der Waals surface area contributed by atoms with E-state index in [9.17, 15) is 9.59 Å². The van der Waals surface area contributed by atoms with Gasteiger partial charge in [-0.25, -0.2) is 4.98 Å². The molecule has 1 unspecified atom stereocenters. The average molecular weight is 430 g/mol. The van der Waals surface area contributed by atoms with Crippen LogP contribution in [0.25, 0.3) is 10.2 Å². The predicted octanol–water partition coefficient (Wildman–Crippen LogP) is 4.44. The molecule has 0 aliphatic heterocycles. The zero-order chi connectivity index (χ0) is 21.1. The lowest BCUT2D eigenvalue weighted by Crippen LogP contribution is -2.33. The van der Waals surface area contributed by atoms with Gasteiger partial charge in [0.05, 0.1) is 16.4 Å². The molecule has 1 atom stereocenters. The summed E-state index contributed by atoms with van der Waals surface area (Å²) < 4.78 is 0. The summed E-state index contributed by atoms with van der Waals surface area (Å²) in [4.78, 5) is 36.2. The number of hydrogen-bond donors (Lipinski definition) is 1. The highest BCUT2D eigenvalue weighted by Gasteiger charge is 2.19. The molecule has 3 aromatic rings. The van der Waals surface area contributed by atoms with Crippen LogP contribution >= 0.6 is 23.1 Å². The van der Waals surface area contributed by atoms with Crippen LogP contribution in [0.5, 0.6) is 0 Å². The average Bonchev–Trinajstić information content (AvgIpc) is 3.00. The molecule has 1 amide bonds. The van der Waals surface area contributed by atoms with Gasteiger partial charge in [0, 0.05) is 18.5 Å². The van der Waals surface area contributed by atoms with Crippen molar-refractivity contribution in [2.24, 2.45) is 0 Å². The number of thioether (sulfide) groups is 1. The molecule has 2 heterocycles. The highest BCUT2D eigenvalue weighted by atomic mass is 32.2. The smallest absolute Gasteiger partial charge is 0.259 e. The second-order valence-corrected chi connectivity index (χ2v) is 9.83. The molecule has 7 heteroatoms. The van der Waals surface area contributed by atoms with Crippen molar-refractivity contribution in [1.82, 2.24) is 14.9 Å². The first kappa shape index (κ1) is 21.6. The van der Waals surface area contributed by atoms with Crippen LogP contribution in [0.2, 0.25) is 0 Å². The summed E-state index contributed by atoms with van der Waals surface area (Å²) in [6.07, 6.45) is 1.01. The molecule has 0 saturated carbocycles. The van der Waals surface area contributed by atoms with Crippen LogP contribution in [0, 0.1) is 13.8 Å². The van der Waals surface area contributed by atoms with Crippen molar-refractivity contribution < 1.29 is 4.79 Å². The summed E-state index contributed by atoms with van der Waals surface area (Å²) in [5.74, 6) is 1.18. The van der Waals surface area contributed by atoms with Crippen molar-refractivity contribution in [2.45, 2.75) is 51.7 Å². The molecule has 0 bridgehead atoms. The fourth-order valence-corrected chi connectivity index (χ4v) is 5.10. The van der Waals surface area contributed by atoms with E-state index in [0.717, 1.165) is 27.3 Å². The molecule has 29 heavy (non-hydrogen) atoms. The molecule has 3 rings (SSSR count). The SMILES string of the molecule is CCc1ccc(CN(C)C(=O)C(C)SCc2nc3sc(C)c(C)c3c(=O)[nH]2)cc1. The standard InChI is InChI=1S/C22H27N3O2S2/c1-6-16-7-9-17(10-8-16)11-25(5)22(27)15(4)28-12-18-23-20(26)19-13(2)14(3)29-21(19)24-18/h7-10,15H,6,11-12H2,1-5H3,(H,23,24,26).